The Bertz CT molecular complexity index is 736. The fourth-order valence-corrected chi connectivity index (χ4v) is 3.00. The molecule has 1 fully saturated rings. The van der Waals surface area contributed by atoms with Crippen molar-refractivity contribution in [1.29, 1.82) is 0 Å². The van der Waals surface area contributed by atoms with Crippen molar-refractivity contribution >= 4 is 11.8 Å². The number of rotatable bonds is 6. The van der Waals surface area contributed by atoms with Gasteiger partial charge in [-0.05, 0) is 19.1 Å². The third-order valence-corrected chi connectivity index (χ3v) is 4.44. The number of amides is 2. The van der Waals surface area contributed by atoms with Gasteiger partial charge in [-0.1, -0.05) is 23.4 Å². The summed E-state index contributed by atoms with van der Waals surface area (Å²) in [5.74, 6) is 0.782. The molecule has 1 aliphatic rings. The summed E-state index contributed by atoms with van der Waals surface area (Å²) in [7, 11) is 0. The van der Waals surface area contributed by atoms with Crippen LogP contribution in [0.15, 0.2) is 40.9 Å². The quantitative estimate of drug-likeness (QED) is 0.847. The first-order valence-corrected chi connectivity index (χ1v) is 8.87. The van der Waals surface area contributed by atoms with Crippen LogP contribution in [-0.2, 0) is 11.3 Å². The molecule has 26 heavy (non-hydrogen) atoms. The minimum atomic E-state index is -0.148. The number of carbonyl (C=O) groups excluding carboxylic acids is 2. The van der Waals surface area contributed by atoms with E-state index in [2.05, 4.69) is 15.4 Å². The molecule has 2 heterocycles. The van der Waals surface area contributed by atoms with Crippen LogP contribution in [0.25, 0.3) is 0 Å². The summed E-state index contributed by atoms with van der Waals surface area (Å²) in [6, 6.07) is 11.0. The van der Waals surface area contributed by atoms with Crippen molar-refractivity contribution in [3.8, 4) is 0 Å². The van der Waals surface area contributed by atoms with Gasteiger partial charge in [-0.2, -0.15) is 0 Å². The second-order valence-corrected chi connectivity index (χ2v) is 6.46. The molecule has 0 spiro atoms. The van der Waals surface area contributed by atoms with E-state index in [-0.39, 0.29) is 11.8 Å². The largest absolute Gasteiger partial charge is 0.360 e. The first kappa shape index (κ1) is 18.1. The summed E-state index contributed by atoms with van der Waals surface area (Å²) in [4.78, 5) is 28.4. The molecule has 138 valence electrons. The molecule has 0 aliphatic carbocycles. The molecule has 1 aromatic carbocycles. The molecular weight excluding hydrogens is 332 g/mol. The van der Waals surface area contributed by atoms with E-state index in [9.17, 15) is 9.59 Å². The van der Waals surface area contributed by atoms with Crippen molar-refractivity contribution in [3.05, 3.63) is 53.4 Å². The van der Waals surface area contributed by atoms with Crippen molar-refractivity contribution in [3.63, 3.8) is 0 Å². The van der Waals surface area contributed by atoms with Gasteiger partial charge in [0.15, 0.2) is 5.76 Å². The minimum absolute atomic E-state index is 0.0773. The lowest BCUT2D eigenvalue weighted by Gasteiger charge is -2.34. The highest BCUT2D eigenvalue weighted by Gasteiger charge is 2.21. The van der Waals surface area contributed by atoms with Gasteiger partial charge in [0, 0.05) is 50.8 Å². The third-order valence-electron chi connectivity index (χ3n) is 4.44. The van der Waals surface area contributed by atoms with Crippen LogP contribution >= 0.6 is 0 Å². The highest BCUT2D eigenvalue weighted by Crippen LogP contribution is 2.10. The molecule has 1 aliphatic heterocycles. The first-order chi connectivity index (χ1) is 12.6. The molecule has 0 radical (unpaired) electrons. The molecule has 0 bridgehead atoms. The van der Waals surface area contributed by atoms with Gasteiger partial charge in [-0.15, -0.1) is 0 Å². The Morgan fingerprint density at radius 1 is 1.15 bits per heavy atom. The van der Waals surface area contributed by atoms with E-state index in [0.717, 1.165) is 31.1 Å². The van der Waals surface area contributed by atoms with E-state index < -0.39 is 0 Å². The Morgan fingerprint density at radius 3 is 2.54 bits per heavy atom. The van der Waals surface area contributed by atoms with Gasteiger partial charge in [0.1, 0.15) is 0 Å². The molecule has 0 atom stereocenters. The zero-order chi connectivity index (χ0) is 18.4. The van der Waals surface area contributed by atoms with Crippen molar-refractivity contribution in [2.45, 2.75) is 19.9 Å². The monoisotopic (exact) mass is 356 g/mol. The second-order valence-electron chi connectivity index (χ2n) is 6.46. The number of nitrogens with zero attached hydrogens (tertiary/aromatic N) is 3. The van der Waals surface area contributed by atoms with Gasteiger partial charge in [0.25, 0.3) is 5.91 Å². The zero-order valence-electron chi connectivity index (χ0n) is 15.0. The third kappa shape index (κ3) is 4.92. The van der Waals surface area contributed by atoms with Crippen molar-refractivity contribution < 1.29 is 14.1 Å². The number of carbonyl (C=O) groups is 2. The number of hydrogen-bond acceptors (Lipinski definition) is 5. The van der Waals surface area contributed by atoms with Crippen LogP contribution in [0.1, 0.15) is 28.2 Å². The average Bonchev–Trinajstić information content (AvgIpc) is 3.07. The van der Waals surface area contributed by atoms with E-state index in [1.54, 1.807) is 12.1 Å². The van der Waals surface area contributed by atoms with E-state index in [4.69, 9.17) is 4.52 Å². The van der Waals surface area contributed by atoms with Gasteiger partial charge < -0.3 is 14.7 Å². The van der Waals surface area contributed by atoms with Gasteiger partial charge in [0.2, 0.25) is 5.91 Å². The molecule has 0 saturated carbocycles. The fourth-order valence-electron chi connectivity index (χ4n) is 3.00. The average molecular weight is 356 g/mol. The van der Waals surface area contributed by atoms with Crippen LogP contribution in [0.2, 0.25) is 0 Å². The summed E-state index contributed by atoms with van der Waals surface area (Å²) in [5.41, 5.74) is 1.49. The van der Waals surface area contributed by atoms with Gasteiger partial charge in [-0.3, -0.25) is 14.5 Å². The number of aromatic nitrogens is 1. The molecular formula is C19H24N4O3. The number of nitrogens with one attached hydrogen (secondary N) is 1. The predicted molar refractivity (Wildman–Crippen MR) is 96.5 cm³/mol. The topological polar surface area (TPSA) is 78.7 Å². The number of benzene rings is 1. The predicted octanol–water partition coefficient (Wildman–Crippen LogP) is 1.45. The molecule has 7 heteroatoms. The second kappa shape index (κ2) is 8.62. The summed E-state index contributed by atoms with van der Waals surface area (Å²) in [6.45, 7) is 5.97. The van der Waals surface area contributed by atoms with Crippen LogP contribution in [0.4, 0.5) is 0 Å². The van der Waals surface area contributed by atoms with Crippen molar-refractivity contribution in [1.82, 2.24) is 20.3 Å². The summed E-state index contributed by atoms with van der Waals surface area (Å²) >= 11 is 0. The molecule has 7 nitrogen and oxygen atoms in total. The van der Waals surface area contributed by atoms with Crippen LogP contribution < -0.4 is 5.32 Å². The lowest BCUT2D eigenvalue weighted by Crippen LogP contribution is -2.48. The van der Waals surface area contributed by atoms with Crippen LogP contribution in [0, 0.1) is 6.92 Å². The van der Waals surface area contributed by atoms with Crippen molar-refractivity contribution in [2.75, 3.05) is 32.7 Å². The van der Waals surface area contributed by atoms with E-state index in [1.807, 2.05) is 36.1 Å². The SMILES string of the molecule is Cc1cc(CN2CCN(C(=O)CCNC(=O)c3ccccc3)CC2)on1. The number of hydrogen-bond donors (Lipinski definition) is 1. The Kier molecular flexibility index (Phi) is 6.01. The molecule has 1 aromatic heterocycles. The lowest BCUT2D eigenvalue weighted by molar-refractivity contribution is -0.132. The molecule has 3 rings (SSSR count). The Balaban J connectivity index is 1.36. The maximum atomic E-state index is 12.3. The summed E-state index contributed by atoms with van der Waals surface area (Å²) < 4.78 is 5.24. The summed E-state index contributed by atoms with van der Waals surface area (Å²) in [6.07, 6.45) is 0.319. The van der Waals surface area contributed by atoms with Crippen LogP contribution in [0.5, 0.6) is 0 Å². The Morgan fingerprint density at radius 2 is 1.88 bits per heavy atom. The highest BCUT2D eigenvalue weighted by molar-refractivity contribution is 5.94. The van der Waals surface area contributed by atoms with Gasteiger partial charge in [-0.25, -0.2) is 0 Å². The highest BCUT2D eigenvalue weighted by atomic mass is 16.5. The van der Waals surface area contributed by atoms with E-state index >= 15 is 0 Å². The maximum Gasteiger partial charge on any atom is 0.251 e. The minimum Gasteiger partial charge on any atom is -0.360 e. The van der Waals surface area contributed by atoms with Crippen molar-refractivity contribution in [2.24, 2.45) is 0 Å². The first-order valence-electron chi connectivity index (χ1n) is 8.87. The smallest absolute Gasteiger partial charge is 0.251 e. The zero-order valence-corrected chi connectivity index (χ0v) is 15.0. The van der Waals surface area contributed by atoms with Crippen LogP contribution in [-0.4, -0.2) is 59.5 Å². The maximum absolute atomic E-state index is 12.3. The molecule has 0 unspecified atom stereocenters. The lowest BCUT2D eigenvalue weighted by atomic mass is 10.2. The van der Waals surface area contributed by atoms with Gasteiger partial charge in [0.05, 0.1) is 12.2 Å². The standard InChI is InChI=1S/C19H24N4O3/c1-15-13-17(26-21-15)14-22-9-11-23(12-10-22)18(24)7-8-20-19(25)16-5-3-2-4-6-16/h2-6,13H,7-12,14H2,1H3,(H,20,25). The summed E-state index contributed by atoms with van der Waals surface area (Å²) in [5, 5.41) is 6.69. The molecule has 2 aromatic rings. The van der Waals surface area contributed by atoms with E-state index in [1.165, 1.54) is 0 Å². The molecule has 1 saturated heterocycles. The normalized spacial score (nSPS) is 15.0. The van der Waals surface area contributed by atoms with Gasteiger partial charge >= 0.3 is 0 Å². The Hall–Kier alpha value is -2.67. The Labute approximate surface area is 152 Å². The molecule has 1 N–H and O–H groups in total. The van der Waals surface area contributed by atoms with Crippen LogP contribution in [0.3, 0.4) is 0 Å². The fraction of sp³-hybridized carbons (Fsp3) is 0.421. The number of piperazine rings is 1. The van der Waals surface area contributed by atoms with E-state index in [0.29, 0.717) is 31.6 Å². The molecule has 2 amide bonds. The number of aryl methyl sites for hydroxylation is 1.